The third-order valence-electron chi connectivity index (χ3n) is 2.82. The summed E-state index contributed by atoms with van der Waals surface area (Å²) in [7, 11) is 1.41. The number of carbonyl (C=O) groups excluding carboxylic acids is 1. The number of hydrogen-bond donors (Lipinski definition) is 3. The zero-order valence-corrected chi connectivity index (χ0v) is 12.1. The molecule has 1 unspecified atom stereocenters. The first-order chi connectivity index (χ1) is 10.1. The Labute approximate surface area is 124 Å². The predicted molar refractivity (Wildman–Crippen MR) is 79.7 cm³/mol. The fourth-order valence-electron chi connectivity index (χ4n) is 1.75. The molecular formula is C13H15N3O4S. The molecule has 1 heterocycles. The molecule has 0 spiro atoms. The monoisotopic (exact) mass is 309 g/mol. The molecule has 0 aliphatic rings. The van der Waals surface area contributed by atoms with E-state index in [0.717, 1.165) is 10.2 Å². The molecule has 2 aromatic rings. The summed E-state index contributed by atoms with van der Waals surface area (Å²) >= 11 is 1.49. The minimum Gasteiger partial charge on any atom is -0.481 e. The van der Waals surface area contributed by atoms with Crippen LogP contribution in [0.1, 0.15) is 6.42 Å². The van der Waals surface area contributed by atoms with Crippen molar-refractivity contribution in [2.24, 2.45) is 0 Å². The Bertz CT molecular complexity index is 643. The first kappa shape index (κ1) is 15.2. The summed E-state index contributed by atoms with van der Waals surface area (Å²) in [5.74, 6) is -0.972. The van der Waals surface area contributed by atoms with Crippen molar-refractivity contribution in [2.45, 2.75) is 12.5 Å². The van der Waals surface area contributed by atoms with E-state index in [1.807, 2.05) is 12.1 Å². The van der Waals surface area contributed by atoms with Crippen LogP contribution in [-0.2, 0) is 9.53 Å². The molecule has 1 aromatic heterocycles. The van der Waals surface area contributed by atoms with Crippen LogP contribution in [0.5, 0.6) is 0 Å². The standard InChI is InChI=1S/C13H15N3O4S/c1-20-9(5-12(17)18)6-14-13(19)16-8-2-3-10-11(4-8)21-7-15-10/h2-4,7,9H,5-6H2,1H3,(H,17,18)(H2,14,16,19). The summed E-state index contributed by atoms with van der Waals surface area (Å²) in [5.41, 5.74) is 3.27. The Morgan fingerprint density at radius 1 is 1.48 bits per heavy atom. The zero-order chi connectivity index (χ0) is 15.2. The van der Waals surface area contributed by atoms with E-state index in [4.69, 9.17) is 9.84 Å². The number of rotatable bonds is 6. The molecule has 0 saturated heterocycles. The molecule has 1 atom stereocenters. The lowest BCUT2D eigenvalue weighted by Crippen LogP contribution is -2.37. The van der Waals surface area contributed by atoms with E-state index in [2.05, 4.69) is 15.6 Å². The lowest BCUT2D eigenvalue weighted by molar-refractivity contribution is -0.139. The Kier molecular flexibility index (Phi) is 5.07. The first-order valence-electron chi connectivity index (χ1n) is 6.21. The number of carboxylic acid groups (broad SMARTS) is 1. The van der Waals surface area contributed by atoms with Crippen LogP contribution >= 0.6 is 11.3 Å². The number of nitrogens with zero attached hydrogens (tertiary/aromatic N) is 1. The number of urea groups is 1. The molecule has 0 aliphatic carbocycles. The molecular weight excluding hydrogens is 294 g/mol. The summed E-state index contributed by atoms with van der Waals surface area (Å²) in [6.07, 6.45) is -0.721. The van der Waals surface area contributed by atoms with Crippen LogP contribution in [0.15, 0.2) is 23.7 Å². The van der Waals surface area contributed by atoms with Crippen molar-refractivity contribution in [3.8, 4) is 0 Å². The highest BCUT2D eigenvalue weighted by Crippen LogP contribution is 2.21. The lowest BCUT2D eigenvalue weighted by Gasteiger charge is -2.14. The van der Waals surface area contributed by atoms with Crippen LogP contribution in [0.2, 0.25) is 0 Å². The van der Waals surface area contributed by atoms with Crippen molar-refractivity contribution in [1.82, 2.24) is 10.3 Å². The molecule has 0 saturated carbocycles. The van der Waals surface area contributed by atoms with Gasteiger partial charge >= 0.3 is 12.0 Å². The van der Waals surface area contributed by atoms with Crippen molar-refractivity contribution >= 4 is 39.2 Å². The maximum absolute atomic E-state index is 11.8. The minimum atomic E-state index is -0.972. The van der Waals surface area contributed by atoms with Gasteiger partial charge < -0.3 is 20.5 Å². The SMILES string of the molecule is COC(CNC(=O)Nc1ccc2ncsc2c1)CC(=O)O. The van der Waals surface area contributed by atoms with Crippen molar-refractivity contribution in [3.05, 3.63) is 23.7 Å². The molecule has 0 fully saturated rings. The van der Waals surface area contributed by atoms with Gasteiger partial charge in [0.2, 0.25) is 0 Å². The van der Waals surface area contributed by atoms with Crippen LogP contribution in [0.4, 0.5) is 10.5 Å². The van der Waals surface area contributed by atoms with Crippen LogP contribution < -0.4 is 10.6 Å². The average molecular weight is 309 g/mol. The van der Waals surface area contributed by atoms with Crippen LogP contribution in [0.25, 0.3) is 10.2 Å². The molecule has 21 heavy (non-hydrogen) atoms. The Balaban J connectivity index is 1.87. The second-order valence-corrected chi connectivity index (χ2v) is 5.21. The summed E-state index contributed by atoms with van der Waals surface area (Å²) in [6.45, 7) is 0.122. The molecule has 1 aromatic carbocycles. The third kappa shape index (κ3) is 4.40. The van der Waals surface area contributed by atoms with Gasteiger partial charge in [-0.25, -0.2) is 9.78 Å². The third-order valence-corrected chi connectivity index (χ3v) is 3.61. The van der Waals surface area contributed by atoms with Crippen molar-refractivity contribution in [1.29, 1.82) is 0 Å². The lowest BCUT2D eigenvalue weighted by atomic mass is 10.2. The van der Waals surface area contributed by atoms with Gasteiger partial charge in [0.15, 0.2) is 0 Å². The van der Waals surface area contributed by atoms with Gasteiger partial charge in [0.05, 0.1) is 28.3 Å². The summed E-state index contributed by atoms with van der Waals surface area (Å²) in [6, 6.07) is 5.00. The number of hydrogen-bond acceptors (Lipinski definition) is 5. The second kappa shape index (κ2) is 7.00. The smallest absolute Gasteiger partial charge is 0.319 e. The van der Waals surface area contributed by atoms with Gasteiger partial charge in [-0.05, 0) is 18.2 Å². The number of ether oxygens (including phenoxy) is 1. The van der Waals surface area contributed by atoms with Crippen LogP contribution in [-0.4, -0.2) is 41.8 Å². The Morgan fingerprint density at radius 3 is 3.00 bits per heavy atom. The molecule has 7 nitrogen and oxygen atoms in total. The van der Waals surface area contributed by atoms with E-state index >= 15 is 0 Å². The predicted octanol–water partition coefficient (Wildman–Crippen LogP) is 1.91. The number of nitrogens with one attached hydrogen (secondary N) is 2. The summed E-state index contributed by atoms with van der Waals surface area (Å²) < 4.78 is 5.96. The van der Waals surface area contributed by atoms with Crippen molar-refractivity contribution in [2.75, 3.05) is 19.0 Å². The topological polar surface area (TPSA) is 101 Å². The van der Waals surface area contributed by atoms with Crippen molar-refractivity contribution in [3.63, 3.8) is 0 Å². The van der Waals surface area contributed by atoms with Gasteiger partial charge in [-0.2, -0.15) is 0 Å². The van der Waals surface area contributed by atoms with E-state index in [1.165, 1.54) is 18.4 Å². The minimum absolute atomic E-state index is 0.122. The van der Waals surface area contributed by atoms with E-state index in [1.54, 1.807) is 11.6 Å². The van der Waals surface area contributed by atoms with Crippen LogP contribution in [0, 0.1) is 0 Å². The number of anilines is 1. The highest BCUT2D eigenvalue weighted by molar-refractivity contribution is 7.16. The number of methoxy groups -OCH3 is 1. The largest absolute Gasteiger partial charge is 0.481 e. The van der Waals surface area contributed by atoms with Gasteiger partial charge in [0.25, 0.3) is 0 Å². The Hall–Kier alpha value is -2.19. The molecule has 2 amide bonds. The molecule has 3 N–H and O–H groups in total. The fourth-order valence-corrected chi connectivity index (χ4v) is 2.46. The number of amides is 2. The fraction of sp³-hybridized carbons (Fsp3) is 0.308. The first-order valence-corrected chi connectivity index (χ1v) is 7.09. The number of thiazole rings is 1. The zero-order valence-electron chi connectivity index (χ0n) is 11.3. The quantitative estimate of drug-likeness (QED) is 0.756. The number of aromatic nitrogens is 1. The number of benzene rings is 1. The number of carboxylic acids is 1. The van der Waals surface area contributed by atoms with Crippen LogP contribution in [0.3, 0.4) is 0 Å². The normalized spacial score (nSPS) is 12.0. The van der Waals surface area contributed by atoms with E-state index < -0.39 is 18.1 Å². The maximum Gasteiger partial charge on any atom is 0.319 e. The van der Waals surface area contributed by atoms with Crippen molar-refractivity contribution < 1.29 is 19.4 Å². The maximum atomic E-state index is 11.8. The summed E-state index contributed by atoms with van der Waals surface area (Å²) in [4.78, 5) is 26.5. The molecule has 2 rings (SSSR count). The summed E-state index contributed by atoms with van der Waals surface area (Å²) in [5, 5.41) is 13.9. The molecule has 8 heteroatoms. The van der Waals surface area contributed by atoms with E-state index in [0.29, 0.717) is 5.69 Å². The number of carbonyl (C=O) groups is 2. The van der Waals surface area contributed by atoms with Gasteiger partial charge in [-0.3, -0.25) is 4.79 Å². The Morgan fingerprint density at radius 2 is 2.29 bits per heavy atom. The highest BCUT2D eigenvalue weighted by Gasteiger charge is 2.13. The molecule has 0 bridgehead atoms. The van der Waals surface area contributed by atoms with Gasteiger partial charge in [0.1, 0.15) is 0 Å². The molecule has 112 valence electrons. The number of aliphatic carboxylic acids is 1. The highest BCUT2D eigenvalue weighted by atomic mass is 32.1. The molecule has 0 radical (unpaired) electrons. The average Bonchev–Trinajstić information content (AvgIpc) is 2.90. The second-order valence-electron chi connectivity index (χ2n) is 4.33. The van der Waals surface area contributed by atoms with E-state index in [9.17, 15) is 9.59 Å². The number of fused-ring (bicyclic) bond motifs is 1. The molecule has 0 aliphatic heterocycles. The van der Waals surface area contributed by atoms with E-state index in [-0.39, 0.29) is 13.0 Å². The van der Waals surface area contributed by atoms with Gasteiger partial charge in [-0.1, -0.05) is 0 Å². The van der Waals surface area contributed by atoms with Gasteiger partial charge in [-0.15, -0.1) is 11.3 Å². The van der Waals surface area contributed by atoms with Gasteiger partial charge in [0, 0.05) is 19.3 Å².